The average molecular weight is 603 g/mol. The molecule has 2 N–H and O–H groups in total. The van der Waals surface area contributed by atoms with Crippen LogP contribution in [0.25, 0.3) is 11.1 Å². The molecular weight excluding hydrogens is 568 g/mol. The molecule has 0 atom stereocenters. The third kappa shape index (κ3) is 5.50. The Hall–Kier alpha value is -5.12. The van der Waals surface area contributed by atoms with Gasteiger partial charge in [0.2, 0.25) is 25.1 Å². The van der Waals surface area contributed by atoms with Gasteiger partial charge >= 0.3 is 0 Å². The minimum Gasteiger partial charge on any atom is -0.504 e. The highest BCUT2D eigenvalue weighted by Gasteiger charge is 2.23. The van der Waals surface area contributed by atoms with Gasteiger partial charge in [0.05, 0.1) is 28.4 Å². The van der Waals surface area contributed by atoms with Crippen molar-refractivity contribution < 1.29 is 48.1 Å². The van der Waals surface area contributed by atoms with Crippen LogP contribution >= 0.6 is 0 Å². The Morgan fingerprint density at radius 2 is 0.909 bits per heavy atom. The van der Waals surface area contributed by atoms with Crippen molar-refractivity contribution in [1.82, 2.24) is 0 Å². The first kappa shape index (κ1) is 29.0. The Balaban J connectivity index is 1.36. The van der Waals surface area contributed by atoms with Crippen LogP contribution in [0, 0.1) is 0 Å². The maximum Gasteiger partial charge on any atom is 0.231 e. The van der Waals surface area contributed by atoms with Crippen LogP contribution in [0.4, 0.5) is 0 Å². The predicted octanol–water partition coefficient (Wildman–Crippen LogP) is 5.83. The Bertz CT molecular complexity index is 1570. The molecule has 6 rings (SSSR count). The van der Waals surface area contributed by atoms with Gasteiger partial charge in [-0.1, -0.05) is 0 Å². The van der Waals surface area contributed by atoms with E-state index in [0.717, 1.165) is 33.4 Å². The van der Waals surface area contributed by atoms with Crippen molar-refractivity contribution in [2.75, 3.05) is 42.0 Å². The lowest BCUT2D eigenvalue weighted by Gasteiger charge is -2.19. The first-order valence-electron chi connectivity index (χ1n) is 14.2. The van der Waals surface area contributed by atoms with Crippen LogP contribution < -0.4 is 37.9 Å². The van der Waals surface area contributed by atoms with Crippen LogP contribution in [0.1, 0.15) is 22.3 Å². The van der Waals surface area contributed by atoms with E-state index in [-0.39, 0.29) is 25.1 Å². The van der Waals surface area contributed by atoms with Gasteiger partial charge in [-0.25, -0.2) is 0 Å². The summed E-state index contributed by atoms with van der Waals surface area (Å²) in [6.07, 6.45) is 2.43. The predicted molar refractivity (Wildman–Crippen MR) is 161 cm³/mol. The Kier molecular flexibility index (Phi) is 8.06. The molecule has 230 valence electrons. The Morgan fingerprint density at radius 3 is 1.30 bits per heavy atom. The van der Waals surface area contributed by atoms with E-state index in [1.165, 1.54) is 14.2 Å². The summed E-state index contributed by atoms with van der Waals surface area (Å²) >= 11 is 0. The normalized spacial score (nSPS) is 12.7. The van der Waals surface area contributed by atoms with Crippen molar-refractivity contribution >= 4 is 0 Å². The smallest absolute Gasteiger partial charge is 0.231 e. The molecular formula is C34H34O10. The van der Waals surface area contributed by atoms with E-state index in [0.29, 0.717) is 71.7 Å². The number of hydrogen-bond donors (Lipinski definition) is 2. The summed E-state index contributed by atoms with van der Waals surface area (Å²) in [5.74, 6) is 4.45. The minimum atomic E-state index is 0.0364. The largest absolute Gasteiger partial charge is 0.504 e. The van der Waals surface area contributed by atoms with Gasteiger partial charge < -0.3 is 48.1 Å². The lowest BCUT2D eigenvalue weighted by molar-refractivity contribution is 0.171. The topological polar surface area (TPSA) is 114 Å². The summed E-state index contributed by atoms with van der Waals surface area (Å²) in [4.78, 5) is 0. The van der Waals surface area contributed by atoms with E-state index in [2.05, 4.69) is 0 Å². The number of phenolic OH excluding ortho intramolecular Hbond substituents is 2. The molecule has 0 fully saturated rings. The van der Waals surface area contributed by atoms with Crippen LogP contribution in [-0.2, 0) is 25.7 Å². The fourth-order valence-corrected chi connectivity index (χ4v) is 5.68. The Morgan fingerprint density at radius 1 is 0.500 bits per heavy atom. The van der Waals surface area contributed by atoms with Gasteiger partial charge in [-0.15, -0.1) is 0 Å². The van der Waals surface area contributed by atoms with Crippen molar-refractivity contribution in [2.24, 2.45) is 0 Å². The molecule has 0 unspecified atom stereocenters. The van der Waals surface area contributed by atoms with Gasteiger partial charge in [-0.3, -0.25) is 0 Å². The zero-order valence-corrected chi connectivity index (χ0v) is 25.0. The van der Waals surface area contributed by atoms with E-state index in [9.17, 15) is 10.2 Å². The van der Waals surface area contributed by atoms with Crippen molar-refractivity contribution in [3.63, 3.8) is 0 Å². The first-order valence-corrected chi connectivity index (χ1v) is 14.2. The monoisotopic (exact) mass is 602 g/mol. The van der Waals surface area contributed by atoms with Crippen molar-refractivity contribution in [2.45, 2.75) is 25.7 Å². The molecule has 4 aromatic carbocycles. The highest BCUT2D eigenvalue weighted by atomic mass is 16.7. The second-order valence-corrected chi connectivity index (χ2v) is 10.4. The first-order chi connectivity index (χ1) is 21.4. The third-order valence-corrected chi connectivity index (χ3v) is 7.90. The third-order valence-electron chi connectivity index (χ3n) is 7.90. The number of benzene rings is 4. The van der Waals surface area contributed by atoms with Gasteiger partial charge in [0, 0.05) is 0 Å². The van der Waals surface area contributed by atoms with E-state index < -0.39 is 0 Å². The number of methoxy groups -OCH3 is 4. The van der Waals surface area contributed by atoms with Gasteiger partial charge in [0.1, 0.15) is 0 Å². The van der Waals surface area contributed by atoms with E-state index in [1.807, 2.05) is 36.4 Å². The van der Waals surface area contributed by atoms with E-state index in [1.54, 1.807) is 26.4 Å². The van der Waals surface area contributed by atoms with Gasteiger partial charge in [-0.2, -0.15) is 0 Å². The summed E-state index contributed by atoms with van der Waals surface area (Å²) < 4.78 is 44.4. The summed E-state index contributed by atoms with van der Waals surface area (Å²) in [6, 6.07) is 14.9. The molecule has 0 saturated heterocycles. The van der Waals surface area contributed by atoms with E-state index >= 15 is 0 Å². The van der Waals surface area contributed by atoms with Crippen molar-refractivity contribution in [3.05, 3.63) is 70.8 Å². The molecule has 44 heavy (non-hydrogen) atoms. The van der Waals surface area contributed by atoms with Crippen molar-refractivity contribution in [3.8, 4) is 68.6 Å². The maximum absolute atomic E-state index is 10.8. The van der Waals surface area contributed by atoms with Crippen LogP contribution in [0.15, 0.2) is 48.5 Å². The summed E-state index contributed by atoms with van der Waals surface area (Å²) in [6.45, 7) is 0.298. The van der Waals surface area contributed by atoms with Crippen LogP contribution in [0.5, 0.6) is 57.5 Å². The zero-order chi connectivity index (χ0) is 30.8. The molecule has 4 aromatic rings. The molecule has 0 aromatic heterocycles. The second-order valence-electron chi connectivity index (χ2n) is 10.4. The highest BCUT2D eigenvalue weighted by Crippen LogP contribution is 2.45. The molecule has 0 amide bonds. The van der Waals surface area contributed by atoms with E-state index in [4.69, 9.17) is 37.9 Å². The SMILES string of the molecule is COc1cc(-c2cc(OC)c(O)cc2CCc2cc(OC)c3c(c2)OCO3)c(CCc2cc(OC)c3c(c2)OCO3)cc1O. The molecule has 0 radical (unpaired) electrons. The number of rotatable bonds is 11. The molecule has 10 heteroatoms. The molecule has 0 bridgehead atoms. The molecule has 0 aliphatic carbocycles. The summed E-state index contributed by atoms with van der Waals surface area (Å²) in [5, 5.41) is 21.6. The lowest BCUT2D eigenvalue weighted by Crippen LogP contribution is -2.01. The minimum absolute atomic E-state index is 0.0364. The average Bonchev–Trinajstić information content (AvgIpc) is 3.72. The molecule has 0 saturated carbocycles. The fourth-order valence-electron chi connectivity index (χ4n) is 5.68. The molecule has 0 spiro atoms. The molecule has 10 nitrogen and oxygen atoms in total. The number of ether oxygens (including phenoxy) is 8. The maximum atomic E-state index is 10.8. The van der Waals surface area contributed by atoms with Gasteiger partial charge in [0.25, 0.3) is 0 Å². The highest BCUT2D eigenvalue weighted by molar-refractivity contribution is 5.76. The summed E-state index contributed by atoms with van der Waals surface area (Å²) in [7, 11) is 6.23. The number of hydrogen-bond acceptors (Lipinski definition) is 10. The molecule has 2 aliphatic heterocycles. The van der Waals surface area contributed by atoms with Gasteiger partial charge in [-0.05, 0) is 108 Å². The number of fused-ring (bicyclic) bond motifs is 2. The molecule has 2 heterocycles. The number of aromatic hydroxyl groups is 2. The number of phenols is 2. The molecule has 2 aliphatic rings. The quantitative estimate of drug-likeness (QED) is 0.217. The number of aryl methyl sites for hydroxylation is 4. The second kappa shape index (κ2) is 12.2. The standard InChI is InChI=1S/C34H34O10/c1-37-27-15-23(21(13-25(27)35)7-5-19-9-29(39-3)33-31(11-19)41-17-43-33)24-16-28(38-2)26(36)14-22(24)8-6-20-10-30(40-4)34-32(12-20)42-18-44-34/h9-16,35-36H,5-8,17-18H2,1-4H3. The van der Waals surface area contributed by atoms with Crippen molar-refractivity contribution in [1.29, 1.82) is 0 Å². The zero-order valence-electron chi connectivity index (χ0n) is 25.0. The summed E-state index contributed by atoms with van der Waals surface area (Å²) in [5.41, 5.74) is 5.46. The van der Waals surface area contributed by atoms with Crippen LogP contribution in [0.2, 0.25) is 0 Å². The lowest BCUT2D eigenvalue weighted by atomic mass is 9.89. The van der Waals surface area contributed by atoms with Crippen LogP contribution in [-0.4, -0.2) is 52.2 Å². The van der Waals surface area contributed by atoms with Crippen LogP contribution in [0.3, 0.4) is 0 Å². The fraction of sp³-hybridized carbons (Fsp3) is 0.294. The Labute approximate surface area is 255 Å². The van der Waals surface area contributed by atoms with Gasteiger partial charge in [0.15, 0.2) is 46.0 Å².